The predicted molar refractivity (Wildman–Crippen MR) is 131 cm³/mol. The molecular weight excluding hydrogens is 480 g/mol. The zero-order valence-electron chi connectivity index (χ0n) is 19.5. The summed E-state index contributed by atoms with van der Waals surface area (Å²) in [5.41, 5.74) is 1.91. The lowest BCUT2D eigenvalue weighted by atomic mass is 9.95. The van der Waals surface area contributed by atoms with E-state index in [4.69, 9.17) is 37.4 Å². The molecule has 5 nitrogen and oxygen atoms in total. The van der Waals surface area contributed by atoms with Gasteiger partial charge in [0.1, 0.15) is 11.6 Å². The first-order chi connectivity index (χ1) is 16.4. The summed E-state index contributed by atoms with van der Waals surface area (Å²) in [5, 5.41) is 1.23. The normalized spacial score (nSPS) is 18.0. The van der Waals surface area contributed by atoms with Crippen molar-refractivity contribution >= 4 is 29.2 Å². The van der Waals surface area contributed by atoms with E-state index in [2.05, 4.69) is 4.90 Å². The molecule has 0 spiro atoms. The van der Waals surface area contributed by atoms with E-state index in [1.165, 1.54) is 13.2 Å². The predicted octanol–water partition coefficient (Wildman–Crippen LogP) is 6.28. The molecule has 4 rings (SSSR count). The van der Waals surface area contributed by atoms with Crippen LogP contribution in [0.3, 0.4) is 0 Å². The first-order valence-electron chi connectivity index (χ1n) is 11.6. The van der Waals surface area contributed by atoms with Crippen molar-refractivity contribution in [3.8, 4) is 5.75 Å². The minimum absolute atomic E-state index is 0.0321. The van der Waals surface area contributed by atoms with E-state index in [-0.39, 0.29) is 11.6 Å². The molecule has 1 aliphatic carbocycles. The molecule has 0 N–H and O–H groups in total. The van der Waals surface area contributed by atoms with E-state index in [1.54, 1.807) is 19.2 Å². The van der Waals surface area contributed by atoms with Gasteiger partial charge >= 0.3 is 5.97 Å². The highest BCUT2D eigenvalue weighted by molar-refractivity contribution is 6.34. The van der Waals surface area contributed by atoms with Gasteiger partial charge in [-0.1, -0.05) is 23.2 Å². The van der Waals surface area contributed by atoms with Crippen molar-refractivity contribution in [2.75, 3.05) is 40.5 Å². The molecule has 0 amide bonds. The summed E-state index contributed by atoms with van der Waals surface area (Å²) in [4.78, 5) is 14.3. The molecule has 1 atom stereocenters. The second-order valence-corrected chi connectivity index (χ2v) is 9.97. The Morgan fingerprint density at radius 1 is 1.06 bits per heavy atom. The number of benzene rings is 2. The van der Waals surface area contributed by atoms with E-state index >= 15 is 0 Å². The van der Waals surface area contributed by atoms with Crippen molar-refractivity contribution in [1.29, 1.82) is 0 Å². The Kier molecular flexibility index (Phi) is 8.35. The van der Waals surface area contributed by atoms with Gasteiger partial charge in [-0.2, -0.15) is 0 Å². The summed E-state index contributed by atoms with van der Waals surface area (Å²) in [6.07, 6.45) is 3.96. The standard InChI is InChI=1S/C26H30Cl2FNO4/c1-32-15-24(18-9-19(27)11-20(28)10-18)30-7-5-16(6-8-30)14-34-25-13-23(29)22(26(31)33-2)12-21(25)17-3-4-17/h9-13,16-17,24H,3-8,14-15H2,1-2H3. The maximum absolute atomic E-state index is 14.5. The number of nitrogens with zero attached hydrogens (tertiary/aromatic N) is 1. The molecule has 0 bridgehead atoms. The summed E-state index contributed by atoms with van der Waals surface area (Å²) in [5.74, 6) is -0.0486. The summed E-state index contributed by atoms with van der Waals surface area (Å²) >= 11 is 12.5. The van der Waals surface area contributed by atoms with Crippen LogP contribution in [-0.2, 0) is 9.47 Å². The molecule has 2 aromatic carbocycles. The van der Waals surface area contributed by atoms with Crippen LogP contribution >= 0.6 is 23.2 Å². The molecule has 1 unspecified atom stereocenters. The number of ether oxygens (including phenoxy) is 3. The van der Waals surface area contributed by atoms with Crippen LogP contribution in [0.15, 0.2) is 30.3 Å². The van der Waals surface area contributed by atoms with Crippen molar-refractivity contribution in [2.24, 2.45) is 5.92 Å². The van der Waals surface area contributed by atoms with E-state index in [9.17, 15) is 9.18 Å². The number of methoxy groups -OCH3 is 2. The van der Waals surface area contributed by atoms with Crippen molar-refractivity contribution in [1.82, 2.24) is 4.90 Å². The number of hydrogen-bond donors (Lipinski definition) is 0. The molecule has 8 heteroatoms. The van der Waals surface area contributed by atoms with E-state index in [1.807, 2.05) is 12.1 Å². The van der Waals surface area contributed by atoms with Crippen molar-refractivity contribution < 1.29 is 23.4 Å². The van der Waals surface area contributed by atoms with Gasteiger partial charge in [0.2, 0.25) is 0 Å². The molecular formula is C26H30Cl2FNO4. The fourth-order valence-electron chi connectivity index (χ4n) is 4.65. The number of carbonyl (C=O) groups is 1. The average Bonchev–Trinajstić information content (AvgIpc) is 3.66. The van der Waals surface area contributed by atoms with Gasteiger partial charge in [0.25, 0.3) is 0 Å². The Hall–Kier alpha value is -1.86. The molecule has 2 fully saturated rings. The lowest BCUT2D eigenvalue weighted by molar-refractivity contribution is 0.0556. The van der Waals surface area contributed by atoms with Crippen LogP contribution < -0.4 is 4.74 Å². The van der Waals surface area contributed by atoms with Gasteiger partial charge in [-0.05, 0) is 86.0 Å². The van der Waals surface area contributed by atoms with Crippen LogP contribution in [0.2, 0.25) is 10.0 Å². The van der Waals surface area contributed by atoms with Crippen molar-refractivity contribution in [3.63, 3.8) is 0 Å². The number of halogens is 3. The van der Waals surface area contributed by atoms with Crippen LogP contribution in [0.1, 0.15) is 59.1 Å². The molecule has 0 radical (unpaired) electrons. The zero-order valence-corrected chi connectivity index (χ0v) is 21.0. The number of rotatable bonds is 9. The summed E-state index contributed by atoms with van der Waals surface area (Å²) in [6.45, 7) is 2.84. The zero-order chi connectivity index (χ0) is 24.2. The number of piperidine rings is 1. The highest BCUT2D eigenvalue weighted by Crippen LogP contribution is 2.45. The highest BCUT2D eigenvalue weighted by atomic mass is 35.5. The number of carbonyl (C=O) groups excluding carboxylic acids is 1. The largest absolute Gasteiger partial charge is 0.493 e. The summed E-state index contributed by atoms with van der Waals surface area (Å²) < 4.78 is 30.8. The Bertz CT molecular complexity index is 1000. The molecule has 1 saturated carbocycles. The van der Waals surface area contributed by atoms with Gasteiger partial charge in [-0.3, -0.25) is 4.90 Å². The minimum Gasteiger partial charge on any atom is -0.493 e. The topological polar surface area (TPSA) is 48.0 Å². The molecule has 34 heavy (non-hydrogen) atoms. The Morgan fingerprint density at radius 2 is 1.74 bits per heavy atom. The van der Waals surface area contributed by atoms with Crippen LogP contribution in [0.25, 0.3) is 0 Å². The van der Waals surface area contributed by atoms with Crippen molar-refractivity contribution in [3.05, 3.63) is 62.9 Å². The smallest absolute Gasteiger partial charge is 0.340 e. The maximum atomic E-state index is 14.5. The van der Waals surface area contributed by atoms with Crippen LogP contribution in [0, 0.1) is 11.7 Å². The van der Waals surface area contributed by atoms with Gasteiger partial charge in [0.05, 0.1) is 31.9 Å². The Balaban J connectivity index is 1.39. The second kappa shape index (κ2) is 11.3. The number of esters is 1. The van der Waals surface area contributed by atoms with Gasteiger partial charge in [-0.25, -0.2) is 9.18 Å². The fraction of sp³-hybridized carbons (Fsp3) is 0.500. The number of likely N-dealkylation sites (tertiary alicyclic amines) is 1. The first kappa shape index (κ1) is 25.2. The summed E-state index contributed by atoms with van der Waals surface area (Å²) in [6, 6.07) is 8.63. The average molecular weight is 510 g/mol. The fourth-order valence-corrected chi connectivity index (χ4v) is 5.20. The highest BCUT2D eigenvalue weighted by Gasteiger charge is 2.31. The molecule has 0 aromatic heterocycles. The van der Waals surface area contributed by atoms with Crippen molar-refractivity contribution in [2.45, 2.75) is 37.6 Å². The quantitative estimate of drug-likeness (QED) is 0.372. The third-order valence-corrected chi connectivity index (χ3v) is 7.12. The number of hydrogen-bond acceptors (Lipinski definition) is 5. The van der Waals surface area contributed by atoms with Crippen LogP contribution in [0.4, 0.5) is 4.39 Å². The minimum atomic E-state index is -0.662. The van der Waals surface area contributed by atoms with E-state index in [0.29, 0.717) is 40.8 Å². The second-order valence-electron chi connectivity index (χ2n) is 9.10. The monoisotopic (exact) mass is 509 g/mol. The van der Waals surface area contributed by atoms with Gasteiger partial charge in [0, 0.05) is 23.2 Å². The molecule has 2 aliphatic rings. The Labute approximate surface area is 210 Å². The first-order valence-corrected chi connectivity index (χ1v) is 12.4. The summed E-state index contributed by atoms with van der Waals surface area (Å²) in [7, 11) is 2.95. The molecule has 1 aliphatic heterocycles. The van der Waals surface area contributed by atoms with Gasteiger partial charge in [-0.15, -0.1) is 0 Å². The Morgan fingerprint density at radius 3 is 2.32 bits per heavy atom. The third-order valence-electron chi connectivity index (χ3n) is 6.68. The van der Waals surface area contributed by atoms with Gasteiger partial charge in [0.15, 0.2) is 0 Å². The molecule has 184 valence electrons. The SMILES string of the molecule is COCC(c1cc(Cl)cc(Cl)c1)N1CCC(COc2cc(F)c(C(=O)OC)cc2C2CC2)CC1. The van der Waals surface area contributed by atoms with Crippen LogP contribution in [-0.4, -0.2) is 51.4 Å². The molecule has 1 heterocycles. The maximum Gasteiger partial charge on any atom is 0.340 e. The third kappa shape index (κ3) is 6.03. The van der Waals surface area contributed by atoms with E-state index in [0.717, 1.165) is 49.9 Å². The lowest BCUT2D eigenvalue weighted by Crippen LogP contribution is -2.39. The van der Waals surface area contributed by atoms with E-state index < -0.39 is 11.8 Å². The lowest BCUT2D eigenvalue weighted by Gasteiger charge is -2.37. The van der Waals surface area contributed by atoms with Crippen LogP contribution in [0.5, 0.6) is 5.75 Å². The molecule has 1 saturated heterocycles. The molecule has 2 aromatic rings. The van der Waals surface area contributed by atoms with Gasteiger partial charge < -0.3 is 14.2 Å².